The van der Waals surface area contributed by atoms with Crippen LogP contribution in [0, 0.1) is 0 Å². The maximum absolute atomic E-state index is 12.6. The number of ketones is 1. The number of amides is 1. The summed E-state index contributed by atoms with van der Waals surface area (Å²) in [7, 11) is 4.33. The fourth-order valence-electron chi connectivity index (χ4n) is 4.93. The van der Waals surface area contributed by atoms with E-state index in [4.69, 9.17) is 5.73 Å². The molecule has 2 saturated heterocycles. The second-order valence-corrected chi connectivity index (χ2v) is 7.58. The van der Waals surface area contributed by atoms with Crippen LogP contribution in [0.15, 0.2) is 36.0 Å². The smallest absolute Gasteiger partial charge is 0.258 e. The number of carbonyl (C=O) groups is 2. The van der Waals surface area contributed by atoms with Gasteiger partial charge in [0.1, 0.15) is 23.5 Å². The van der Waals surface area contributed by atoms with Crippen molar-refractivity contribution in [3.8, 4) is 0 Å². The molecular weight excluding hydrogens is 302 g/mol. The topological polar surface area (TPSA) is 63.4 Å². The second-order valence-electron chi connectivity index (χ2n) is 7.58. The lowest BCUT2D eigenvalue weighted by Gasteiger charge is -2.46. The molecule has 1 aromatic carbocycles. The van der Waals surface area contributed by atoms with Gasteiger partial charge in [0.25, 0.3) is 5.91 Å². The minimum Gasteiger partial charge on any atom is -0.365 e. The first-order chi connectivity index (χ1) is 11.4. The number of hydrogen-bond acceptors (Lipinski definition) is 3. The predicted molar refractivity (Wildman–Crippen MR) is 93.4 cm³/mol. The minimum absolute atomic E-state index is 0.127. The van der Waals surface area contributed by atoms with Crippen LogP contribution in [0.3, 0.4) is 0 Å². The van der Waals surface area contributed by atoms with Crippen LogP contribution in [0.4, 0.5) is 5.69 Å². The van der Waals surface area contributed by atoms with E-state index in [0.717, 1.165) is 18.5 Å². The van der Waals surface area contributed by atoms with E-state index in [1.807, 2.05) is 30.5 Å². The van der Waals surface area contributed by atoms with Gasteiger partial charge >= 0.3 is 0 Å². The number of hydrogen-bond donors (Lipinski definition) is 1. The van der Waals surface area contributed by atoms with Gasteiger partial charge in [-0.25, -0.2) is 0 Å². The van der Waals surface area contributed by atoms with Crippen molar-refractivity contribution >= 4 is 17.4 Å². The standard InChI is InChI=1S/C19H23N3O2/c1-21-12-7-8-13(21)10-14(9-12)22(2)11-16(19(20)24)18(23)15-5-3-4-6-17(15)22/h3-6,11-14H,7-10H2,1-2H3,(H-,20,24)/p+1. The first-order valence-electron chi connectivity index (χ1n) is 8.66. The first-order valence-corrected chi connectivity index (χ1v) is 8.66. The average Bonchev–Trinajstić information content (AvgIpc) is 2.78. The van der Waals surface area contributed by atoms with E-state index in [1.54, 1.807) is 0 Å². The molecule has 0 spiro atoms. The molecule has 126 valence electrons. The van der Waals surface area contributed by atoms with E-state index < -0.39 is 5.91 Å². The maximum Gasteiger partial charge on any atom is 0.258 e. The molecule has 3 atom stereocenters. The number of quaternary nitrogens is 1. The third kappa shape index (κ3) is 2.08. The number of nitrogens with zero attached hydrogens (tertiary/aromatic N) is 2. The van der Waals surface area contributed by atoms with Crippen LogP contribution >= 0.6 is 0 Å². The number of para-hydroxylation sites is 1. The molecule has 1 aromatic rings. The van der Waals surface area contributed by atoms with Gasteiger partial charge in [0, 0.05) is 31.0 Å². The molecule has 4 rings (SSSR count). The highest BCUT2D eigenvalue weighted by Gasteiger charge is 2.49. The van der Waals surface area contributed by atoms with Crippen LogP contribution < -0.4 is 10.2 Å². The van der Waals surface area contributed by atoms with Gasteiger partial charge < -0.3 is 5.73 Å². The van der Waals surface area contributed by atoms with Crippen LogP contribution in [0.2, 0.25) is 0 Å². The molecule has 5 nitrogen and oxygen atoms in total. The largest absolute Gasteiger partial charge is 0.365 e. The van der Waals surface area contributed by atoms with E-state index in [9.17, 15) is 9.59 Å². The minimum atomic E-state index is -0.630. The lowest BCUT2D eigenvalue weighted by atomic mass is 9.89. The molecule has 3 aliphatic rings. The summed E-state index contributed by atoms with van der Waals surface area (Å²) in [5.74, 6) is -0.876. The van der Waals surface area contributed by atoms with Crippen LogP contribution in [0.5, 0.6) is 0 Å². The number of Topliss-reactive ketones (excluding diaryl/α,β-unsaturated/α-hetero) is 1. The van der Waals surface area contributed by atoms with E-state index in [2.05, 4.69) is 19.0 Å². The van der Waals surface area contributed by atoms with Gasteiger partial charge in [-0.2, -0.15) is 0 Å². The number of benzene rings is 1. The van der Waals surface area contributed by atoms with Gasteiger partial charge in [-0.05, 0) is 26.0 Å². The summed E-state index contributed by atoms with van der Waals surface area (Å²) in [6.45, 7) is 0. The summed E-state index contributed by atoms with van der Waals surface area (Å²) in [6.07, 6.45) is 6.45. The molecule has 2 bridgehead atoms. The molecule has 0 aliphatic carbocycles. The molecule has 3 heterocycles. The zero-order valence-electron chi connectivity index (χ0n) is 14.2. The summed E-state index contributed by atoms with van der Waals surface area (Å²) in [5.41, 5.74) is 7.24. The summed E-state index contributed by atoms with van der Waals surface area (Å²) in [4.78, 5) is 27.0. The lowest BCUT2D eigenvalue weighted by Crippen LogP contribution is -2.58. The van der Waals surface area contributed by atoms with E-state index in [1.165, 1.54) is 12.8 Å². The van der Waals surface area contributed by atoms with Gasteiger partial charge in [0.2, 0.25) is 5.78 Å². The summed E-state index contributed by atoms with van der Waals surface area (Å²) < 4.78 is 0.501. The van der Waals surface area contributed by atoms with Crippen molar-refractivity contribution in [3.63, 3.8) is 0 Å². The molecule has 2 N–H and O–H groups in total. The Bertz CT molecular complexity index is 743. The summed E-state index contributed by atoms with van der Waals surface area (Å²) >= 11 is 0. The molecule has 2 fully saturated rings. The quantitative estimate of drug-likeness (QED) is 0.666. The molecule has 3 unspecified atom stereocenters. The van der Waals surface area contributed by atoms with Crippen molar-refractivity contribution in [1.29, 1.82) is 0 Å². The van der Waals surface area contributed by atoms with Crippen molar-refractivity contribution < 1.29 is 9.59 Å². The van der Waals surface area contributed by atoms with Gasteiger partial charge in [0.15, 0.2) is 0 Å². The third-order valence-corrected chi connectivity index (χ3v) is 6.41. The fraction of sp³-hybridized carbons (Fsp3) is 0.474. The maximum atomic E-state index is 12.6. The second kappa shape index (κ2) is 5.26. The van der Waals surface area contributed by atoms with Crippen molar-refractivity contribution in [2.45, 2.75) is 43.8 Å². The number of fused-ring (bicyclic) bond motifs is 3. The van der Waals surface area contributed by atoms with Gasteiger partial charge in [0.05, 0.1) is 12.6 Å². The van der Waals surface area contributed by atoms with Crippen LogP contribution in [-0.2, 0) is 4.79 Å². The molecule has 5 heteroatoms. The van der Waals surface area contributed by atoms with E-state index >= 15 is 0 Å². The van der Waals surface area contributed by atoms with Crippen molar-refractivity contribution in [1.82, 2.24) is 9.38 Å². The van der Waals surface area contributed by atoms with Crippen LogP contribution in [0.1, 0.15) is 36.0 Å². The molecule has 3 aliphatic heterocycles. The Hall–Kier alpha value is -1.98. The number of rotatable bonds is 2. The van der Waals surface area contributed by atoms with Gasteiger partial charge in [-0.1, -0.05) is 12.1 Å². The SMILES string of the molecule is CN1C2CCC1CC([N+]1(C)C=C(C(N)=O)C(=O)c3ccccc31)C2. The highest BCUT2D eigenvalue weighted by atomic mass is 16.2. The van der Waals surface area contributed by atoms with E-state index in [-0.39, 0.29) is 11.4 Å². The molecule has 24 heavy (non-hydrogen) atoms. The highest BCUT2D eigenvalue weighted by molar-refractivity contribution is 6.27. The van der Waals surface area contributed by atoms with Crippen LogP contribution in [-0.4, -0.2) is 48.8 Å². The lowest BCUT2D eigenvalue weighted by molar-refractivity contribution is -0.114. The van der Waals surface area contributed by atoms with Crippen molar-refractivity contribution in [3.05, 3.63) is 41.6 Å². The first kappa shape index (κ1) is 15.5. The van der Waals surface area contributed by atoms with E-state index in [0.29, 0.717) is 28.2 Å². The Kier molecular flexibility index (Phi) is 3.41. The molecule has 1 amide bonds. The molecular formula is C19H24N3O2+. The molecule has 0 saturated carbocycles. The number of nitrogens with two attached hydrogens (primary N) is 1. The Labute approximate surface area is 142 Å². The predicted octanol–water partition coefficient (Wildman–Crippen LogP) is 1.81. The Morgan fingerprint density at radius 2 is 1.83 bits per heavy atom. The zero-order chi connectivity index (χ0) is 17.1. The molecule has 0 aromatic heterocycles. The summed E-state index contributed by atoms with van der Waals surface area (Å²) in [6, 6.07) is 9.20. The number of primary amides is 1. The summed E-state index contributed by atoms with van der Waals surface area (Å²) in [5, 5.41) is 0. The zero-order valence-corrected chi connectivity index (χ0v) is 14.2. The fourth-order valence-corrected chi connectivity index (χ4v) is 4.93. The van der Waals surface area contributed by atoms with Gasteiger partial charge in [-0.3, -0.25) is 19.0 Å². The monoisotopic (exact) mass is 326 g/mol. The number of carbonyl (C=O) groups excluding carboxylic acids is 2. The third-order valence-electron chi connectivity index (χ3n) is 6.41. The van der Waals surface area contributed by atoms with Gasteiger partial charge in [-0.15, -0.1) is 0 Å². The Morgan fingerprint density at radius 3 is 2.46 bits per heavy atom. The van der Waals surface area contributed by atoms with Crippen molar-refractivity contribution in [2.75, 3.05) is 14.1 Å². The van der Waals surface area contributed by atoms with Crippen molar-refractivity contribution in [2.24, 2.45) is 5.73 Å². The van der Waals surface area contributed by atoms with Crippen LogP contribution in [0.25, 0.3) is 0 Å². The Balaban J connectivity index is 1.82. The normalized spacial score (nSPS) is 35.5. The Morgan fingerprint density at radius 1 is 1.21 bits per heavy atom. The average molecular weight is 326 g/mol. The molecule has 0 radical (unpaired) electrons. The number of piperidine rings is 1. The highest BCUT2D eigenvalue weighted by Crippen LogP contribution is 2.43.